The first-order valence-corrected chi connectivity index (χ1v) is 8.09. The third-order valence-corrected chi connectivity index (χ3v) is 4.10. The lowest BCUT2D eigenvalue weighted by Crippen LogP contribution is -2.38. The highest BCUT2D eigenvalue weighted by Gasteiger charge is 2.10. The van der Waals surface area contributed by atoms with Crippen molar-refractivity contribution in [3.05, 3.63) is 35.4 Å². The molecule has 1 heterocycles. The lowest BCUT2D eigenvalue weighted by molar-refractivity contribution is 0.190. The Bertz CT molecular complexity index is 455. The van der Waals surface area contributed by atoms with Gasteiger partial charge in [0, 0.05) is 26.7 Å². The van der Waals surface area contributed by atoms with Crippen molar-refractivity contribution < 1.29 is 9.90 Å². The van der Waals surface area contributed by atoms with Crippen molar-refractivity contribution in [2.45, 2.75) is 32.4 Å². The van der Waals surface area contributed by atoms with Gasteiger partial charge in [0.2, 0.25) is 0 Å². The van der Waals surface area contributed by atoms with Crippen LogP contribution in [0.4, 0.5) is 4.79 Å². The molecule has 5 heteroatoms. The Morgan fingerprint density at radius 3 is 2.45 bits per heavy atom. The van der Waals surface area contributed by atoms with Crippen molar-refractivity contribution in [3.63, 3.8) is 0 Å². The molecule has 1 fully saturated rings. The van der Waals surface area contributed by atoms with Gasteiger partial charge in [0.15, 0.2) is 0 Å². The predicted molar refractivity (Wildman–Crippen MR) is 87.5 cm³/mol. The number of likely N-dealkylation sites (tertiary alicyclic amines) is 1. The van der Waals surface area contributed by atoms with Gasteiger partial charge in [-0.2, -0.15) is 0 Å². The van der Waals surface area contributed by atoms with E-state index in [1.165, 1.54) is 42.8 Å². The maximum absolute atomic E-state index is 11.7. The first-order chi connectivity index (χ1) is 10.7. The Morgan fingerprint density at radius 2 is 1.82 bits per heavy atom. The van der Waals surface area contributed by atoms with Gasteiger partial charge in [-0.25, -0.2) is 4.79 Å². The number of aliphatic hydroxyl groups is 1. The van der Waals surface area contributed by atoms with Gasteiger partial charge in [0.1, 0.15) is 0 Å². The Kier molecular flexibility index (Phi) is 6.68. The second-order valence-corrected chi connectivity index (χ2v) is 5.96. The van der Waals surface area contributed by atoms with E-state index in [4.69, 9.17) is 5.11 Å². The standard InChI is InChI=1S/C17H27N3O2/c1-19(11-12-21)17(22)18-13-15-5-7-16(8-6-15)14-20-9-3-2-4-10-20/h5-8,21H,2-4,9-14H2,1H3,(H,18,22). The summed E-state index contributed by atoms with van der Waals surface area (Å²) in [6.45, 7) is 4.27. The molecular weight excluding hydrogens is 278 g/mol. The maximum Gasteiger partial charge on any atom is 0.317 e. The zero-order valence-electron chi connectivity index (χ0n) is 13.4. The number of nitrogens with zero attached hydrogens (tertiary/aromatic N) is 2. The van der Waals surface area contributed by atoms with Crippen LogP contribution in [-0.4, -0.2) is 54.2 Å². The number of aliphatic hydroxyl groups excluding tert-OH is 1. The van der Waals surface area contributed by atoms with Crippen molar-refractivity contribution in [1.29, 1.82) is 0 Å². The van der Waals surface area contributed by atoms with E-state index in [2.05, 4.69) is 34.5 Å². The summed E-state index contributed by atoms with van der Waals surface area (Å²) in [4.78, 5) is 15.7. The zero-order valence-corrected chi connectivity index (χ0v) is 13.4. The quantitative estimate of drug-likeness (QED) is 0.843. The maximum atomic E-state index is 11.7. The van der Waals surface area contributed by atoms with Gasteiger partial charge in [0.25, 0.3) is 0 Å². The Hall–Kier alpha value is -1.59. The highest BCUT2D eigenvalue weighted by Crippen LogP contribution is 2.13. The van der Waals surface area contributed by atoms with Crippen molar-refractivity contribution >= 4 is 6.03 Å². The van der Waals surface area contributed by atoms with Gasteiger partial charge in [-0.05, 0) is 37.1 Å². The molecule has 0 unspecified atom stereocenters. The molecule has 0 aromatic heterocycles. The molecule has 0 saturated carbocycles. The molecule has 1 aromatic carbocycles. The second kappa shape index (κ2) is 8.76. The minimum absolute atomic E-state index is 0.0187. The number of urea groups is 1. The van der Waals surface area contributed by atoms with Crippen LogP contribution >= 0.6 is 0 Å². The molecule has 1 aliphatic rings. The number of carbonyl (C=O) groups excluding carboxylic acids is 1. The van der Waals surface area contributed by atoms with Gasteiger partial charge < -0.3 is 15.3 Å². The van der Waals surface area contributed by atoms with Crippen LogP contribution < -0.4 is 5.32 Å². The van der Waals surface area contributed by atoms with E-state index in [0.717, 1.165) is 12.1 Å². The van der Waals surface area contributed by atoms with Gasteiger partial charge in [0.05, 0.1) is 6.61 Å². The summed E-state index contributed by atoms with van der Waals surface area (Å²) >= 11 is 0. The molecule has 0 aliphatic carbocycles. The first kappa shape index (κ1) is 16.8. The van der Waals surface area contributed by atoms with Crippen LogP contribution in [0.2, 0.25) is 0 Å². The number of amides is 2. The average Bonchev–Trinajstić information content (AvgIpc) is 2.55. The van der Waals surface area contributed by atoms with Gasteiger partial charge >= 0.3 is 6.03 Å². The lowest BCUT2D eigenvalue weighted by atomic mass is 10.1. The van der Waals surface area contributed by atoms with Crippen molar-refractivity contribution in [2.24, 2.45) is 0 Å². The van der Waals surface area contributed by atoms with Crippen molar-refractivity contribution in [2.75, 3.05) is 33.3 Å². The van der Waals surface area contributed by atoms with E-state index >= 15 is 0 Å². The SMILES string of the molecule is CN(CCO)C(=O)NCc1ccc(CN2CCCCC2)cc1. The number of likely N-dealkylation sites (N-methyl/N-ethyl adjacent to an activating group) is 1. The highest BCUT2D eigenvalue weighted by molar-refractivity contribution is 5.73. The summed E-state index contributed by atoms with van der Waals surface area (Å²) in [6, 6.07) is 8.28. The molecule has 122 valence electrons. The minimum atomic E-state index is -0.161. The highest BCUT2D eigenvalue weighted by atomic mass is 16.3. The van der Waals surface area contributed by atoms with Crippen LogP contribution in [0.3, 0.4) is 0 Å². The molecule has 0 spiro atoms. The minimum Gasteiger partial charge on any atom is -0.395 e. The molecule has 22 heavy (non-hydrogen) atoms. The third-order valence-electron chi connectivity index (χ3n) is 4.10. The molecule has 2 rings (SSSR count). The van der Waals surface area contributed by atoms with Crippen LogP contribution in [0, 0.1) is 0 Å². The summed E-state index contributed by atoms with van der Waals surface area (Å²) in [5, 5.41) is 11.7. The molecule has 1 aromatic rings. The van der Waals surface area contributed by atoms with Crippen LogP contribution in [-0.2, 0) is 13.1 Å². The number of rotatable bonds is 6. The van der Waals surface area contributed by atoms with E-state index in [9.17, 15) is 4.79 Å². The Balaban J connectivity index is 1.77. The van der Waals surface area contributed by atoms with Crippen molar-refractivity contribution in [3.8, 4) is 0 Å². The summed E-state index contributed by atoms with van der Waals surface area (Å²) in [5.74, 6) is 0. The smallest absolute Gasteiger partial charge is 0.317 e. The number of nitrogens with one attached hydrogen (secondary N) is 1. The molecule has 1 aliphatic heterocycles. The third kappa shape index (κ3) is 5.31. The molecule has 0 atom stereocenters. The summed E-state index contributed by atoms with van der Waals surface area (Å²) in [6.07, 6.45) is 3.98. The Labute approximate surface area is 132 Å². The number of carbonyl (C=O) groups is 1. The van der Waals surface area contributed by atoms with Crippen molar-refractivity contribution in [1.82, 2.24) is 15.1 Å². The van der Waals surface area contributed by atoms with Gasteiger partial charge in [-0.3, -0.25) is 4.90 Å². The number of hydrogen-bond donors (Lipinski definition) is 2. The van der Waals surface area contributed by atoms with Crippen LogP contribution in [0.25, 0.3) is 0 Å². The number of benzene rings is 1. The lowest BCUT2D eigenvalue weighted by Gasteiger charge is -2.26. The second-order valence-electron chi connectivity index (χ2n) is 5.96. The zero-order chi connectivity index (χ0) is 15.8. The summed E-state index contributed by atoms with van der Waals surface area (Å²) < 4.78 is 0. The van der Waals surface area contributed by atoms with E-state index < -0.39 is 0 Å². The largest absolute Gasteiger partial charge is 0.395 e. The monoisotopic (exact) mass is 305 g/mol. The van der Waals surface area contributed by atoms with Gasteiger partial charge in [-0.1, -0.05) is 30.7 Å². The molecule has 2 N–H and O–H groups in total. The topological polar surface area (TPSA) is 55.8 Å². The van der Waals surface area contributed by atoms with Crippen LogP contribution in [0.1, 0.15) is 30.4 Å². The average molecular weight is 305 g/mol. The molecule has 0 radical (unpaired) electrons. The summed E-state index contributed by atoms with van der Waals surface area (Å²) in [7, 11) is 1.67. The normalized spacial score (nSPS) is 15.5. The van der Waals surface area contributed by atoms with E-state index in [0.29, 0.717) is 13.1 Å². The van der Waals surface area contributed by atoms with E-state index in [1.807, 2.05) is 0 Å². The molecule has 5 nitrogen and oxygen atoms in total. The van der Waals surface area contributed by atoms with E-state index in [-0.39, 0.29) is 12.6 Å². The first-order valence-electron chi connectivity index (χ1n) is 8.09. The fourth-order valence-electron chi connectivity index (χ4n) is 2.70. The molecule has 2 amide bonds. The number of hydrogen-bond acceptors (Lipinski definition) is 3. The van der Waals surface area contributed by atoms with Crippen LogP contribution in [0.5, 0.6) is 0 Å². The molecule has 1 saturated heterocycles. The van der Waals surface area contributed by atoms with Crippen LogP contribution in [0.15, 0.2) is 24.3 Å². The molecular formula is C17H27N3O2. The predicted octanol–water partition coefficient (Wildman–Crippen LogP) is 1.81. The van der Waals surface area contributed by atoms with Gasteiger partial charge in [-0.15, -0.1) is 0 Å². The number of piperidine rings is 1. The molecule has 0 bridgehead atoms. The van der Waals surface area contributed by atoms with E-state index in [1.54, 1.807) is 7.05 Å². The fraction of sp³-hybridized carbons (Fsp3) is 0.588. The summed E-state index contributed by atoms with van der Waals surface area (Å²) in [5.41, 5.74) is 2.42. The Morgan fingerprint density at radius 1 is 1.18 bits per heavy atom. The fourth-order valence-corrected chi connectivity index (χ4v) is 2.70.